The van der Waals surface area contributed by atoms with E-state index in [-0.39, 0.29) is 28.1 Å². The van der Waals surface area contributed by atoms with Crippen LogP contribution in [-0.2, 0) is 11.3 Å². The fourth-order valence-electron chi connectivity index (χ4n) is 2.13. The lowest BCUT2D eigenvalue weighted by Gasteiger charge is -2.00. The molecule has 126 valence electrons. The van der Waals surface area contributed by atoms with Crippen molar-refractivity contribution in [2.45, 2.75) is 13.5 Å². The van der Waals surface area contributed by atoms with Gasteiger partial charge in [-0.2, -0.15) is 5.26 Å². The predicted octanol–water partition coefficient (Wildman–Crippen LogP) is -0.112. The molecule has 1 aromatic carbocycles. The molecule has 0 saturated heterocycles. The minimum atomic E-state index is -0.611. The Bertz CT molecular complexity index is 1050. The summed E-state index contributed by atoms with van der Waals surface area (Å²) in [5.74, 6) is 1.78. The van der Waals surface area contributed by atoms with E-state index >= 15 is 0 Å². The monoisotopic (exact) mass is 353 g/mol. The molecule has 25 heavy (non-hydrogen) atoms. The average molecular weight is 353 g/mol. The number of hydrogen-bond donors (Lipinski definition) is 2. The maximum Gasteiger partial charge on any atom is 0.269 e. The normalized spacial score (nSPS) is 12.2. The highest BCUT2D eigenvalue weighted by molar-refractivity contribution is 7.07. The van der Waals surface area contributed by atoms with Crippen LogP contribution in [0.5, 0.6) is 5.75 Å². The lowest BCUT2D eigenvalue weighted by molar-refractivity contribution is -0.115. The standard InChI is InChI=1S/C18H15N3O3S/c1-3-9-20-16(23)14(11-19)18-21(4-2)17(24)15(25-18)10-12-5-7-13(22)8-6-12/h1,5-8,10,22H,4,9H2,2H3,(H,20,23)/b15-10?,18-14-. The molecule has 0 fully saturated rings. The van der Waals surface area contributed by atoms with Gasteiger partial charge in [0.1, 0.15) is 16.5 Å². The first-order valence-corrected chi connectivity index (χ1v) is 8.20. The molecule has 0 atom stereocenters. The van der Waals surface area contributed by atoms with Gasteiger partial charge in [-0.3, -0.25) is 14.2 Å². The van der Waals surface area contributed by atoms with E-state index in [2.05, 4.69) is 11.2 Å². The fraction of sp³-hybridized carbons (Fsp3) is 0.167. The topological polar surface area (TPSA) is 95.1 Å². The number of aromatic hydroxyl groups is 1. The smallest absolute Gasteiger partial charge is 0.269 e. The van der Waals surface area contributed by atoms with E-state index < -0.39 is 5.91 Å². The van der Waals surface area contributed by atoms with Crippen molar-refractivity contribution in [3.05, 3.63) is 49.4 Å². The molecule has 2 N–H and O–H groups in total. The number of phenols is 1. The number of hydrogen-bond acceptors (Lipinski definition) is 5. The summed E-state index contributed by atoms with van der Waals surface area (Å²) in [6, 6.07) is 8.21. The number of phenolic OH excluding ortho intramolecular Hbond substituents is 1. The van der Waals surface area contributed by atoms with Crippen LogP contribution in [0.15, 0.2) is 29.1 Å². The van der Waals surface area contributed by atoms with Gasteiger partial charge < -0.3 is 10.4 Å². The van der Waals surface area contributed by atoms with Crippen LogP contribution in [-0.4, -0.2) is 22.1 Å². The first-order chi connectivity index (χ1) is 12.0. The molecule has 0 bridgehead atoms. The molecule has 0 aliphatic rings. The number of nitrogens with zero attached hydrogens (tertiary/aromatic N) is 2. The molecular formula is C18H15N3O3S. The zero-order valence-corrected chi connectivity index (χ0v) is 14.3. The third kappa shape index (κ3) is 3.97. The SMILES string of the molecule is C#CCNC(=O)/C(C#N)=c1\sc(=Cc2ccc(O)cc2)c(=O)n1CC. The molecule has 0 aliphatic carbocycles. The zero-order valence-electron chi connectivity index (χ0n) is 13.4. The van der Waals surface area contributed by atoms with Crippen molar-refractivity contribution in [3.8, 4) is 24.2 Å². The Morgan fingerprint density at radius 3 is 2.68 bits per heavy atom. The summed E-state index contributed by atoms with van der Waals surface area (Å²) in [6.45, 7) is 2.08. The summed E-state index contributed by atoms with van der Waals surface area (Å²) in [6.07, 6.45) is 6.75. The fourth-order valence-corrected chi connectivity index (χ4v) is 3.29. The Kier molecular flexibility index (Phi) is 5.78. The average Bonchev–Trinajstić information content (AvgIpc) is 2.91. The lowest BCUT2D eigenvalue weighted by atomic mass is 10.2. The number of amides is 1. The van der Waals surface area contributed by atoms with Gasteiger partial charge in [-0.25, -0.2) is 0 Å². The molecule has 2 aromatic rings. The Morgan fingerprint density at radius 1 is 1.44 bits per heavy atom. The Morgan fingerprint density at radius 2 is 2.12 bits per heavy atom. The highest BCUT2D eigenvalue weighted by atomic mass is 32.1. The number of carbonyl (C=O) groups excluding carboxylic acids is 1. The number of rotatable bonds is 4. The molecular weight excluding hydrogens is 338 g/mol. The third-order valence-electron chi connectivity index (χ3n) is 3.32. The van der Waals surface area contributed by atoms with Gasteiger partial charge in [0.05, 0.1) is 11.1 Å². The van der Waals surface area contributed by atoms with E-state index in [9.17, 15) is 20.0 Å². The van der Waals surface area contributed by atoms with E-state index in [0.717, 1.165) is 16.9 Å². The number of thiazole rings is 1. The summed E-state index contributed by atoms with van der Waals surface area (Å²) >= 11 is 1.06. The maximum absolute atomic E-state index is 12.6. The highest BCUT2D eigenvalue weighted by Gasteiger charge is 2.14. The summed E-state index contributed by atoms with van der Waals surface area (Å²) in [7, 11) is 0. The number of nitriles is 1. The second-order valence-electron chi connectivity index (χ2n) is 4.93. The van der Waals surface area contributed by atoms with Crippen LogP contribution in [0, 0.1) is 23.7 Å². The molecule has 0 unspecified atom stereocenters. The van der Waals surface area contributed by atoms with Crippen molar-refractivity contribution in [1.29, 1.82) is 5.26 Å². The van der Waals surface area contributed by atoms with Crippen molar-refractivity contribution in [3.63, 3.8) is 0 Å². The minimum absolute atomic E-state index is 0.00175. The maximum atomic E-state index is 12.6. The van der Waals surface area contributed by atoms with Crippen molar-refractivity contribution in [1.82, 2.24) is 9.88 Å². The summed E-state index contributed by atoms with van der Waals surface area (Å²) in [5, 5.41) is 21.1. The largest absolute Gasteiger partial charge is 0.508 e. The quantitative estimate of drug-likeness (QED) is 0.750. The van der Waals surface area contributed by atoms with Crippen molar-refractivity contribution in [2.24, 2.45) is 0 Å². The van der Waals surface area contributed by atoms with Gasteiger partial charge in [-0.05, 0) is 30.7 Å². The van der Waals surface area contributed by atoms with E-state index in [4.69, 9.17) is 6.42 Å². The number of nitrogens with one attached hydrogen (secondary N) is 1. The number of aromatic nitrogens is 1. The van der Waals surface area contributed by atoms with Crippen LogP contribution >= 0.6 is 11.3 Å². The first-order valence-electron chi connectivity index (χ1n) is 7.38. The summed E-state index contributed by atoms with van der Waals surface area (Å²) in [5.41, 5.74) is 0.291. The van der Waals surface area contributed by atoms with Crippen LogP contribution in [0.3, 0.4) is 0 Å². The van der Waals surface area contributed by atoms with Crippen LogP contribution in [0.25, 0.3) is 11.6 Å². The predicted molar refractivity (Wildman–Crippen MR) is 96.0 cm³/mol. The van der Waals surface area contributed by atoms with Gasteiger partial charge in [-0.15, -0.1) is 17.8 Å². The molecule has 0 radical (unpaired) electrons. The Labute approximate surface area is 148 Å². The second-order valence-corrected chi connectivity index (χ2v) is 5.96. The minimum Gasteiger partial charge on any atom is -0.508 e. The molecule has 1 amide bonds. The van der Waals surface area contributed by atoms with E-state index in [1.807, 2.05) is 6.07 Å². The van der Waals surface area contributed by atoms with Crippen LogP contribution in [0.2, 0.25) is 0 Å². The second kappa shape index (κ2) is 8.00. The van der Waals surface area contributed by atoms with E-state index in [0.29, 0.717) is 11.1 Å². The van der Waals surface area contributed by atoms with Gasteiger partial charge in [0, 0.05) is 6.54 Å². The van der Waals surface area contributed by atoms with Crippen LogP contribution < -0.4 is 20.1 Å². The molecule has 1 heterocycles. The molecule has 0 spiro atoms. The molecule has 0 saturated carbocycles. The van der Waals surface area contributed by atoms with Crippen molar-refractivity contribution in [2.75, 3.05) is 6.54 Å². The van der Waals surface area contributed by atoms with E-state index in [1.165, 1.54) is 16.7 Å². The van der Waals surface area contributed by atoms with Gasteiger partial charge in [-0.1, -0.05) is 18.1 Å². The number of terminal acetylenes is 1. The van der Waals surface area contributed by atoms with Gasteiger partial charge in [0.15, 0.2) is 5.57 Å². The molecule has 0 aliphatic heterocycles. The number of benzene rings is 1. The van der Waals surface area contributed by atoms with E-state index in [1.54, 1.807) is 25.1 Å². The third-order valence-corrected chi connectivity index (χ3v) is 4.45. The highest BCUT2D eigenvalue weighted by Crippen LogP contribution is 2.09. The zero-order chi connectivity index (χ0) is 18.4. The lowest BCUT2D eigenvalue weighted by Crippen LogP contribution is -2.34. The first kappa shape index (κ1) is 18.1. The van der Waals surface area contributed by atoms with Gasteiger partial charge in [0.2, 0.25) is 0 Å². The van der Waals surface area contributed by atoms with Gasteiger partial charge >= 0.3 is 0 Å². The summed E-state index contributed by atoms with van der Waals surface area (Å²) in [4.78, 5) is 24.7. The molecule has 6 nitrogen and oxygen atoms in total. The Balaban J connectivity index is 2.69. The number of carbonyl (C=O) groups is 1. The molecule has 7 heteroatoms. The van der Waals surface area contributed by atoms with Crippen LogP contribution in [0.4, 0.5) is 0 Å². The molecule has 1 aromatic heterocycles. The van der Waals surface area contributed by atoms with Crippen molar-refractivity contribution < 1.29 is 9.90 Å². The van der Waals surface area contributed by atoms with Crippen LogP contribution in [0.1, 0.15) is 12.5 Å². The summed E-state index contributed by atoms with van der Waals surface area (Å²) < 4.78 is 2.06. The Hall–Kier alpha value is -3.29. The molecule has 2 rings (SSSR count). The van der Waals surface area contributed by atoms with Gasteiger partial charge in [0.25, 0.3) is 11.5 Å². The van der Waals surface area contributed by atoms with Crippen molar-refractivity contribution >= 4 is 28.9 Å².